The van der Waals surface area contributed by atoms with Crippen LogP contribution in [0.15, 0.2) is 35.7 Å². The lowest BCUT2D eigenvalue weighted by Crippen LogP contribution is -1.90. The number of thioether (sulfide) groups is 1. The Morgan fingerprint density at radius 3 is 2.69 bits per heavy atom. The lowest BCUT2D eigenvalue weighted by molar-refractivity contribution is 0.948. The highest BCUT2D eigenvalue weighted by atomic mass is 35.5. The van der Waals surface area contributed by atoms with E-state index in [2.05, 4.69) is 15.0 Å². The van der Waals surface area contributed by atoms with Crippen LogP contribution in [0.2, 0.25) is 5.15 Å². The SMILES string of the molecule is Cc1cnc(SCc2cccc(Cl)n2)nc1. The lowest BCUT2D eigenvalue weighted by Gasteiger charge is -2.00. The predicted octanol–water partition coefficient (Wildman–Crippen LogP) is 3.13. The van der Waals surface area contributed by atoms with Gasteiger partial charge in [-0.3, -0.25) is 0 Å². The second-order valence-corrected chi connectivity index (χ2v) is 4.61. The Bertz CT molecular complexity index is 473. The Hall–Kier alpha value is -1.13. The summed E-state index contributed by atoms with van der Waals surface area (Å²) in [6.45, 7) is 1.97. The Balaban J connectivity index is 1.99. The van der Waals surface area contributed by atoms with Crippen molar-refractivity contribution in [3.05, 3.63) is 47.0 Å². The normalized spacial score (nSPS) is 10.4. The zero-order valence-corrected chi connectivity index (χ0v) is 10.3. The van der Waals surface area contributed by atoms with Gasteiger partial charge in [-0.25, -0.2) is 15.0 Å². The summed E-state index contributed by atoms with van der Waals surface area (Å²) >= 11 is 7.34. The topological polar surface area (TPSA) is 38.7 Å². The van der Waals surface area contributed by atoms with Gasteiger partial charge in [0.25, 0.3) is 0 Å². The van der Waals surface area contributed by atoms with Crippen LogP contribution in [-0.4, -0.2) is 15.0 Å². The minimum Gasteiger partial charge on any atom is -0.240 e. The molecule has 0 saturated carbocycles. The summed E-state index contributed by atoms with van der Waals surface area (Å²) < 4.78 is 0. The molecule has 0 aromatic carbocycles. The van der Waals surface area contributed by atoms with Crippen molar-refractivity contribution in [1.82, 2.24) is 15.0 Å². The van der Waals surface area contributed by atoms with Crippen molar-refractivity contribution < 1.29 is 0 Å². The van der Waals surface area contributed by atoms with Gasteiger partial charge in [-0.05, 0) is 24.6 Å². The highest BCUT2D eigenvalue weighted by Crippen LogP contribution is 2.18. The van der Waals surface area contributed by atoms with E-state index in [0.29, 0.717) is 5.15 Å². The average Bonchev–Trinajstić information content (AvgIpc) is 2.28. The van der Waals surface area contributed by atoms with Gasteiger partial charge in [0.1, 0.15) is 5.15 Å². The molecule has 0 unspecified atom stereocenters. The van der Waals surface area contributed by atoms with Crippen molar-refractivity contribution >= 4 is 23.4 Å². The van der Waals surface area contributed by atoms with Gasteiger partial charge < -0.3 is 0 Å². The Labute approximate surface area is 103 Å². The van der Waals surface area contributed by atoms with E-state index in [1.807, 2.05) is 19.1 Å². The Kier molecular flexibility index (Phi) is 3.74. The molecule has 0 spiro atoms. The van der Waals surface area contributed by atoms with Crippen LogP contribution in [0.3, 0.4) is 0 Å². The monoisotopic (exact) mass is 251 g/mol. The molecular weight excluding hydrogens is 242 g/mol. The molecule has 0 radical (unpaired) electrons. The molecule has 0 amide bonds. The second-order valence-electron chi connectivity index (χ2n) is 3.28. The fourth-order valence-electron chi connectivity index (χ4n) is 1.12. The van der Waals surface area contributed by atoms with Crippen LogP contribution < -0.4 is 0 Å². The summed E-state index contributed by atoms with van der Waals surface area (Å²) in [5.74, 6) is 0.726. The largest absolute Gasteiger partial charge is 0.240 e. The number of halogens is 1. The van der Waals surface area contributed by atoms with Gasteiger partial charge in [0.2, 0.25) is 0 Å². The first-order valence-corrected chi connectivity index (χ1v) is 6.13. The first-order valence-electron chi connectivity index (χ1n) is 4.77. The molecule has 2 aromatic heterocycles. The van der Waals surface area contributed by atoms with Gasteiger partial charge >= 0.3 is 0 Å². The molecule has 5 heteroatoms. The van der Waals surface area contributed by atoms with Crippen molar-refractivity contribution in [1.29, 1.82) is 0 Å². The number of aryl methyl sites for hydroxylation is 1. The molecule has 0 aliphatic rings. The second kappa shape index (κ2) is 5.27. The minimum absolute atomic E-state index is 0.517. The minimum atomic E-state index is 0.517. The van der Waals surface area contributed by atoms with E-state index < -0.39 is 0 Å². The zero-order chi connectivity index (χ0) is 11.4. The van der Waals surface area contributed by atoms with Crippen molar-refractivity contribution in [2.24, 2.45) is 0 Å². The predicted molar refractivity (Wildman–Crippen MR) is 65.6 cm³/mol. The van der Waals surface area contributed by atoms with Gasteiger partial charge in [0, 0.05) is 18.1 Å². The van der Waals surface area contributed by atoms with E-state index in [9.17, 15) is 0 Å². The quantitative estimate of drug-likeness (QED) is 0.477. The number of nitrogens with zero attached hydrogens (tertiary/aromatic N) is 3. The van der Waals surface area contributed by atoms with E-state index in [1.54, 1.807) is 30.2 Å². The molecular formula is C11H10ClN3S. The summed E-state index contributed by atoms with van der Waals surface area (Å²) in [6, 6.07) is 5.59. The fraction of sp³-hybridized carbons (Fsp3) is 0.182. The number of aromatic nitrogens is 3. The third-order valence-corrected chi connectivity index (χ3v) is 3.00. The van der Waals surface area contributed by atoms with Crippen LogP contribution in [0.5, 0.6) is 0 Å². The molecule has 0 aliphatic heterocycles. The molecule has 82 valence electrons. The van der Waals surface area contributed by atoms with Crippen LogP contribution in [0, 0.1) is 6.92 Å². The zero-order valence-electron chi connectivity index (χ0n) is 8.72. The van der Waals surface area contributed by atoms with Crippen LogP contribution in [0.25, 0.3) is 0 Å². The van der Waals surface area contributed by atoms with Gasteiger partial charge in [-0.15, -0.1) is 0 Å². The number of rotatable bonds is 3. The summed E-state index contributed by atoms with van der Waals surface area (Å²) in [4.78, 5) is 12.6. The standard InChI is InChI=1S/C11H10ClN3S/c1-8-5-13-11(14-6-8)16-7-9-3-2-4-10(12)15-9/h2-6H,7H2,1H3. The summed E-state index contributed by atoms with van der Waals surface area (Å²) in [6.07, 6.45) is 3.61. The third-order valence-electron chi connectivity index (χ3n) is 1.88. The molecule has 3 nitrogen and oxygen atoms in total. The Morgan fingerprint density at radius 1 is 1.25 bits per heavy atom. The molecule has 2 rings (SSSR count). The van der Waals surface area contributed by atoms with E-state index in [4.69, 9.17) is 11.6 Å². The van der Waals surface area contributed by atoms with E-state index in [1.165, 1.54) is 0 Å². The third kappa shape index (κ3) is 3.18. The smallest absolute Gasteiger partial charge is 0.187 e. The van der Waals surface area contributed by atoms with Gasteiger partial charge in [0.15, 0.2) is 5.16 Å². The number of hydrogen-bond donors (Lipinski definition) is 0. The molecule has 0 N–H and O–H groups in total. The van der Waals surface area contributed by atoms with Crippen LogP contribution in [0.4, 0.5) is 0 Å². The highest BCUT2D eigenvalue weighted by molar-refractivity contribution is 7.98. The Morgan fingerprint density at radius 2 is 2.00 bits per heavy atom. The molecule has 2 aromatic rings. The van der Waals surface area contributed by atoms with E-state index in [-0.39, 0.29) is 0 Å². The molecule has 0 bridgehead atoms. The van der Waals surface area contributed by atoms with Crippen LogP contribution >= 0.6 is 23.4 Å². The van der Waals surface area contributed by atoms with Crippen LogP contribution in [0.1, 0.15) is 11.3 Å². The summed E-state index contributed by atoms with van der Waals surface area (Å²) in [7, 11) is 0. The fourth-order valence-corrected chi connectivity index (χ4v) is 2.00. The molecule has 0 saturated heterocycles. The lowest BCUT2D eigenvalue weighted by atomic mass is 10.4. The number of hydrogen-bond acceptors (Lipinski definition) is 4. The average molecular weight is 252 g/mol. The van der Waals surface area contributed by atoms with Gasteiger partial charge in [-0.2, -0.15) is 0 Å². The molecule has 0 atom stereocenters. The number of pyridine rings is 1. The first kappa shape index (κ1) is 11.4. The molecule has 16 heavy (non-hydrogen) atoms. The van der Waals surface area contributed by atoms with Crippen molar-refractivity contribution in [3.8, 4) is 0 Å². The van der Waals surface area contributed by atoms with Gasteiger partial charge in [0.05, 0.1) is 5.69 Å². The summed E-state index contributed by atoms with van der Waals surface area (Å²) in [5, 5.41) is 1.27. The molecule has 2 heterocycles. The van der Waals surface area contributed by atoms with E-state index in [0.717, 1.165) is 22.2 Å². The summed E-state index contributed by atoms with van der Waals surface area (Å²) in [5.41, 5.74) is 1.99. The highest BCUT2D eigenvalue weighted by Gasteiger charge is 2.00. The van der Waals surface area contributed by atoms with Crippen molar-refractivity contribution in [2.45, 2.75) is 17.8 Å². The van der Waals surface area contributed by atoms with Crippen molar-refractivity contribution in [2.75, 3.05) is 0 Å². The van der Waals surface area contributed by atoms with Crippen molar-refractivity contribution in [3.63, 3.8) is 0 Å². The van der Waals surface area contributed by atoms with Gasteiger partial charge in [-0.1, -0.05) is 29.4 Å². The maximum atomic E-state index is 5.80. The first-order chi connectivity index (χ1) is 7.74. The maximum Gasteiger partial charge on any atom is 0.187 e. The molecule has 0 aliphatic carbocycles. The molecule has 0 fully saturated rings. The van der Waals surface area contributed by atoms with E-state index >= 15 is 0 Å². The maximum absolute atomic E-state index is 5.80. The van der Waals surface area contributed by atoms with Crippen LogP contribution in [-0.2, 0) is 5.75 Å².